The van der Waals surface area contributed by atoms with Gasteiger partial charge >= 0.3 is 0 Å². The molecule has 0 radical (unpaired) electrons. The van der Waals surface area contributed by atoms with Crippen LogP contribution in [0, 0.1) is 20.8 Å². The number of amides is 2. The fraction of sp³-hybridized carbons (Fsp3) is 0.375. The summed E-state index contributed by atoms with van der Waals surface area (Å²) in [6, 6.07) is 20.7. The predicted molar refractivity (Wildman–Crippen MR) is 161 cm³/mol. The molecule has 0 saturated heterocycles. The molecule has 0 heterocycles. The molecule has 2 amide bonds. The summed E-state index contributed by atoms with van der Waals surface area (Å²) in [4.78, 5) is 29.0. The molecule has 0 bridgehead atoms. The van der Waals surface area contributed by atoms with Crippen molar-refractivity contribution in [2.24, 2.45) is 0 Å². The zero-order valence-corrected chi connectivity index (χ0v) is 25.0. The number of hydrogen-bond acceptors (Lipinski definition) is 4. The second kappa shape index (κ2) is 14.1. The van der Waals surface area contributed by atoms with Gasteiger partial charge in [0.1, 0.15) is 12.6 Å². The Morgan fingerprint density at radius 3 is 2.15 bits per heavy atom. The van der Waals surface area contributed by atoms with E-state index in [0.29, 0.717) is 18.7 Å². The lowest BCUT2D eigenvalue weighted by Gasteiger charge is -2.33. The van der Waals surface area contributed by atoms with E-state index in [-0.39, 0.29) is 17.3 Å². The van der Waals surface area contributed by atoms with E-state index >= 15 is 0 Å². The van der Waals surface area contributed by atoms with Crippen LogP contribution < -0.4 is 9.62 Å². The van der Waals surface area contributed by atoms with Gasteiger partial charge in [0, 0.05) is 13.1 Å². The van der Waals surface area contributed by atoms with Crippen molar-refractivity contribution in [3.63, 3.8) is 0 Å². The molecule has 0 aliphatic rings. The fourth-order valence-electron chi connectivity index (χ4n) is 4.54. The Morgan fingerprint density at radius 2 is 1.52 bits per heavy atom. The van der Waals surface area contributed by atoms with E-state index in [1.807, 2.05) is 71.0 Å². The average Bonchev–Trinajstić information content (AvgIpc) is 2.94. The first-order valence-electron chi connectivity index (χ1n) is 13.9. The Hall–Kier alpha value is -3.65. The van der Waals surface area contributed by atoms with E-state index in [4.69, 9.17) is 0 Å². The van der Waals surface area contributed by atoms with Gasteiger partial charge in [0.15, 0.2) is 0 Å². The Bertz CT molecular complexity index is 1390. The standard InChI is InChI=1S/C32H41N3O4S/c1-6-8-20-33-32(37)29(7-2)34(22-27-18-15-24(3)16-19-27)31(36)23-35(30-21-25(4)14-17-26(30)5)40(38,39)28-12-10-9-11-13-28/h9-19,21,29H,6-8,20,22-23H2,1-5H3,(H,33,37)/t29-/m1/s1. The van der Waals surface area contributed by atoms with Crippen molar-refractivity contribution in [1.29, 1.82) is 0 Å². The number of sulfonamides is 1. The number of anilines is 1. The van der Waals surface area contributed by atoms with Gasteiger partial charge in [-0.25, -0.2) is 8.42 Å². The molecular formula is C32H41N3O4S. The molecule has 0 spiro atoms. The normalized spacial score (nSPS) is 12.0. The van der Waals surface area contributed by atoms with Crippen LogP contribution in [0.4, 0.5) is 5.69 Å². The minimum atomic E-state index is -4.09. The van der Waals surface area contributed by atoms with Crippen LogP contribution in [0.1, 0.15) is 55.4 Å². The van der Waals surface area contributed by atoms with Crippen molar-refractivity contribution in [2.75, 3.05) is 17.4 Å². The van der Waals surface area contributed by atoms with Gasteiger partial charge in [-0.2, -0.15) is 0 Å². The van der Waals surface area contributed by atoms with E-state index in [0.717, 1.165) is 35.1 Å². The van der Waals surface area contributed by atoms with Crippen LogP contribution in [-0.4, -0.2) is 44.3 Å². The van der Waals surface area contributed by atoms with Gasteiger partial charge in [-0.05, 0) is 68.5 Å². The van der Waals surface area contributed by atoms with Crippen molar-refractivity contribution in [2.45, 2.75) is 71.4 Å². The predicted octanol–water partition coefficient (Wildman–Crippen LogP) is 5.53. The topological polar surface area (TPSA) is 86.8 Å². The third-order valence-electron chi connectivity index (χ3n) is 6.93. The van der Waals surface area contributed by atoms with Gasteiger partial charge in [-0.3, -0.25) is 13.9 Å². The van der Waals surface area contributed by atoms with Crippen molar-refractivity contribution >= 4 is 27.5 Å². The van der Waals surface area contributed by atoms with Gasteiger partial charge in [0.25, 0.3) is 10.0 Å². The lowest BCUT2D eigenvalue weighted by molar-refractivity contribution is -0.140. The van der Waals surface area contributed by atoms with Gasteiger partial charge in [0.05, 0.1) is 10.6 Å². The molecule has 1 atom stereocenters. The molecular weight excluding hydrogens is 522 g/mol. The maximum Gasteiger partial charge on any atom is 0.264 e. The van der Waals surface area contributed by atoms with Crippen LogP contribution in [0.15, 0.2) is 77.7 Å². The van der Waals surface area contributed by atoms with Crippen molar-refractivity contribution < 1.29 is 18.0 Å². The first kappa shape index (κ1) is 30.9. The monoisotopic (exact) mass is 563 g/mol. The molecule has 0 aliphatic heterocycles. The molecule has 8 heteroatoms. The number of carbonyl (C=O) groups excluding carboxylic acids is 2. The molecule has 0 unspecified atom stereocenters. The summed E-state index contributed by atoms with van der Waals surface area (Å²) in [7, 11) is -4.09. The molecule has 3 aromatic rings. The van der Waals surface area contributed by atoms with E-state index in [9.17, 15) is 18.0 Å². The average molecular weight is 564 g/mol. The van der Waals surface area contributed by atoms with Gasteiger partial charge < -0.3 is 10.2 Å². The highest BCUT2D eigenvalue weighted by Crippen LogP contribution is 2.28. The maximum atomic E-state index is 14.1. The van der Waals surface area contributed by atoms with Crippen molar-refractivity contribution in [3.05, 3.63) is 95.1 Å². The Morgan fingerprint density at radius 1 is 0.875 bits per heavy atom. The molecule has 1 N–H and O–H groups in total. The third kappa shape index (κ3) is 7.72. The molecule has 214 valence electrons. The van der Waals surface area contributed by atoms with Crippen molar-refractivity contribution in [3.8, 4) is 0 Å². The molecule has 0 fully saturated rings. The Kier molecular flexibility index (Phi) is 10.9. The summed E-state index contributed by atoms with van der Waals surface area (Å²) in [5.74, 6) is -0.681. The highest BCUT2D eigenvalue weighted by molar-refractivity contribution is 7.92. The van der Waals surface area contributed by atoms with Crippen LogP contribution in [-0.2, 0) is 26.2 Å². The minimum Gasteiger partial charge on any atom is -0.354 e. The largest absolute Gasteiger partial charge is 0.354 e. The highest BCUT2D eigenvalue weighted by Gasteiger charge is 2.34. The molecule has 0 aromatic heterocycles. The summed E-state index contributed by atoms with van der Waals surface area (Å²) in [5, 5.41) is 2.96. The summed E-state index contributed by atoms with van der Waals surface area (Å²) < 4.78 is 29.1. The van der Waals surface area contributed by atoms with Crippen LogP contribution in [0.25, 0.3) is 0 Å². The smallest absolute Gasteiger partial charge is 0.264 e. The third-order valence-corrected chi connectivity index (χ3v) is 8.71. The number of aryl methyl sites for hydroxylation is 3. The first-order chi connectivity index (χ1) is 19.1. The van der Waals surface area contributed by atoms with Crippen LogP contribution in [0.3, 0.4) is 0 Å². The van der Waals surface area contributed by atoms with E-state index in [1.54, 1.807) is 24.3 Å². The van der Waals surface area contributed by atoms with Gasteiger partial charge in [-0.15, -0.1) is 0 Å². The zero-order valence-electron chi connectivity index (χ0n) is 24.2. The SMILES string of the molecule is CCCCNC(=O)[C@@H](CC)N(Cc1ccc(C)cc1)C(=O)CN(c1cc(C)ccc1C)S(=O)(=O)c1ccccc1. The number of rotatable bonds is 13. The van der Waals surface area contributed by atoms with E-state index in [2.05, 4.69) is 5.32 Å². The van der Waals surface area contributed by atoms with Gasteiger partial charge in [-0.1, -0.05) is 80.4 Å². The van der Waals surface area contributed by atoms with Crippen LogP contribution >= 0.6 is 0 Å². The molecule has 7 nitrogen and oxygen atoms in total. The van der Waals surface area contributed by atoms with Crippen molar-refractivity contribution in [1.82, 2.24) is 10.2 Å². The first-order valence-corrected chi connectivity index (χ1v) is 15.3. The second-order valence-electron chi connectivity index (χ2n) is 10.2. The second-order valence-corrected chi connectivity index (χ2v) is 12.1. The summed E-state index contributed by atoms with van der Waals surface area (Å²) in [5.41, 5.74) is 3.99. The Labute approximate surface area is 239 Å². The Balaban J connectivity index is 2.06. The zero-order chi connectivity index (χ0) is 29.3. The number of hydrogen-bond donors (Lipinski definition) is 1. The van der Waals surface area contributed by atoms with Gasteiger partial charge in [0.2, 0.25) is 11.8 Å². The number of nitrogens with one attached hydrogen (secondary N) is 1. The molecule has 3 aromatic carbocycles. The number of unbranched alkanes of at least 4 members (excludes halogenated alkanes) is 1. The minimum absolute atomic E-state index is 0.0955. The van der Waals surface area contributed by atoms with Crippen LogP contribution in [0.2, 0.25) is 0 Å². The highest BCUT2D eigenvalue weighted by atomic mass is 32.2. The van der Waals surface area contributed by atoms with Crippen LogP contribution in [0.5, 0.6) is 0 Å². The number of nitrogens with zero attached hydrogens (tertiary/aromatic N) is 2. The summed E-state index contributed by atoms with van der Waals surface area (Å²) >= 11 is 0. The lowest BCUT2D eigenvalue weighted by atomic mass is 10.1. The van der Waals surface area contributed by atoms with E-state index < -0.39 is 28.5 Å². The lowest BCUT2D eigenvalue weighted by Crippen LogP contribution is -2.52. The molecule has 0 aliphatic carbocycles. The molecule has 3 rings (SSSR count). The summed E-state index contributed by atoms with van der Waals surface area (Å²) in [6.07, 6.45) is 2.17. The fourth-order valence-corrected chi connectivity index (χ4v) is 6.03. The maximum absolute atomic E-state index is 14.1. The van der Waals surface area contributed by atoms with E-state index in [1.165, 1.54) is 21.3 Å². The molecule has 0 saturated carbocycles. The molecule has 40 heavy (non-hydrogen) atoms. The summed E-state index contributed by atoms with van der Waals surface area (Å²) in [6.45, 7) is 9.88. The number of benzene rings is 3. The number of carbonyl (C=O) groups is 2. The quantitative estimate of drug-likeness (QED) is 0.277.